The first kappa shape index (κ1) is 14.7. The van der Waals surface area contributed by atoms with Crippen molar-refractivity contribution in [3.8, 4) is 11.3 Å². The lowest BCUT2D eigenvalue weighted by Crippen LogP contribution is -2.37. The average Bonchev–Trinajstić information content (AvgIpc) is 2.95. The second-order valence-electron chi connectivity index (χ2n) is 5.57. The zero-order valence-corrected chi connectivity index (χ0v) is 12.1. The topological polar surface area (TPSA) is 79.8 Å². The molecule has 116 valence electrons. The van der Waals surface area contributed by atoms with Crippen molar-refractivity contribution < 1.29 is 14.4 Å². The molecule has 2 aromatic rings. The Kier molecular flexibility index (Phi) is 4.22. The van der Waals surface area contributed by atoms with Crippen LogP contribution in [-0.2, 0) is 6.54 Å². The van der Waals surface area contributed by atoms with E-state index < -0.39 is 4.92 Å². The maximum absolute atomic E-state index is 11.1. The third-order valence-corrected chi connectivity index (χ3v) is 3.89. The molecule has 0 aliphatic carbocycles. The van der Waals surface area contributed by atoms with Crippen molar-refractivity contribution in [2.75, 3.05) is 13.1 Å². The van der Waals surface area contributed by atoms with E-state index >= 15 is 0 Å². The molecule has 3 rings (SSSR count). The number of piperidine rings is 1. The summed E-state index contributed by atoms with van der Waals surface area (Å²) in [7, 11) is 0. The summed E-state index contributed by atoms with van der Waals surface area (Å²) in [5.74, 6) is 1.25. The van der Waals surface area contributed by atoms with E-state index in [2.05, 4.69) is 4.90 Å². The molecule has 0 bridgehead atoms. The summed E-state index contributed by atoms with van der Waals surface area (Å²) in [4.78, 5) is 12.8. The predicted molar refractivity (Wildman–Crippen MR) is 81.3 cm³/mol. The number of nitrogens with zero attached hydrogens (tertiary/aromatic N) is 2. The summed E-state index contributed by atoms with van der Waals surface area (Å²) >= 11 is 0. The number of para-hydroxylation sites is 1. The summed E-state index contributed by atoms with van der Waals surface area (Å²) in [6, 6.07) is 10.2. The van der Waals surface area contributed by atoms with E-state index in [9.17, 15) is 15.2 Å². The van der Waals surface area contributed by atoms with Crippen molar-refractivity contribution in [2.24, 2.45) is 0 Å². The SMILES string of the molecule is O=[N+]([O-])c1ccccc1-c1ccc(CN2CCC[C@H](O)C2)o1. The van der Waals surface area contributed by atoms with Gasteiger partial charge in [0.25, 0.3) is 5.69 Å². The van der Waals surface area contributed by atoms with Gasteiger partial charge >= 0.3 is 0 Å². The lowest BCUT2D eigenvalue weighted by Gasteiger charge is -2.29. The Morgan fingerprint density at radius 1 is 1.32 bits per heavy atom. The van der Waals surface area contributed by atoms with Gasteiger partial charge in [-0.05, 0) is 37.6 Å². The van der Waals surface area contributed by atoms with Crippen molar-refractivity contribution in [3.63, 3.8) is 0 Å². The number of aliphatic hydroxyl groups excluding tert-OH is 1. The number of aliphatic hydroxyl groups is 1. The van der Waals surface area contributed by atoms with Crippen LogP contribution in [0.1, 0.15) is 18.6 Å². The highest BCUT2D eigenvalue weighted by atomic mass is 16.6. The van der Waals surface area contributed by atoms with Crippen molar-refractivity contribution in [1.29, 1.82) is 0 Å². The molecule has 22 heavy (non-hydrogen) atoms. The highest BCUT2D eigenvalue weighted by molar-refractivity contribution is 5.69. The summed E-state index contributed by atoms with van der Waals surface area (Å²) in [6.07, 6.45) is 1.54. The predicted octanol–water partition coefficient (Wildman–Crippen LogP) is 2.81. The zero-order chi connectivity index (χ0) is 15.5. The van der Waals surface area contributed by atoms with E-state index in [1.54, 1.807) is 24.3 Å². The molecule has 1 aromatic heterocycles. The Balaban J connectivity index is 1.78. The number of likely N-dealkylation sites (tertiary alicyclic amines) is 1. The van der Waals surface area contributed by atoms with Crippen LogP contribution in [0.25, 0.3) is 11.3 Å². The minimum Gasteiger partial charge on any atom is -0.459 e. The van der Waals surface area contributed by atoms with Crippen LogP contribution in [0.15, 0.2) is 40.8 Å². The fourth-order valence-electron chi connectivity index (χ4n) is 2.84. The molecule has 0 amide bonds. The molecule has 1 aliphatic heterocycles. The molecule has 1 atom stereocenters. The van der Waals surface area contributed by atoms with Gasteiger partial charge in [0.15, 0.2) is 0 Å². The van der Waals surface area contributed by atoms with Crippen LogP contribution in [0.5, 0.6) is 0 Å². The monoisotopic (exact) mass is 302 g/mol. The summed E-state index contributed by atoms with van der Waals surface area (Å²) < 4.78 is 5.77. The zero-order valence-electron chi connectivity index (χ0n) is 12.1. The second-order valence-corrected chi connectivity index (χ2v) is 5.57. The van der Waals surface area contributed by atoms with Gasteiger partial charge in [-0.1, -0.05) is 12.1 Å². The summed E-state index contributed by atoms with van der Waals surface area (Å²) in [6.45, 7) is 2.18. The van der Waals surface area contributed by atoms with Gasteiger partial charge in [-0.15, -0.1) is 0 Å². The Morgan fingerprint density at radius 2 is 2.14 bits per heavy atom. The van der Waals surface area contributed by atoms with E-state index in [1.807, 2.05) is 6.07 Å². The molecule has 0 spiro atoms. The molecule has 1 saturated heterocycles. The molecule has 0 saturated carbocycles. The Labute approximate surface area is 128 Å². The number of benzene rings is 1. The number of furan rings is 1. The Morgan fingerprint density at radius 3 is 2.91 bits per heavy atom. The lowest BCUT2D eigenvalue weighted by atomic mass is 10.1. The van der Waals surface area contributed by atoms with Crippen molar-refractivity contribution in [2.45, 2.75) is 25.5 Å². The number of hydrogen-bond donors (Lipinski definition) is 1. The maximum atomic E-state index is 11.1. The first-order valence-corrected chi connectivity index (χ1v) is 7.36. The maximum Gasteiger partial charge on any atom is 0.280 e. The van der Waals surface area contributed by atoms with Crippen LogP contribution in [-0.4, -0.2) is 34.1 Å². The molecule has 0 radical (unpaired) electrons. The van der Waals surface area contributed by atoms with Gasteiger partial charge < -0.3 is 9.52 Å². The van der Waals surface area contributed by atoms with Gasteiger partial charge in [0.05, 0.1) is 23.1 Å². The molecule has 6 nitrogen and oxygen atoms in total. The molecule has 1 fully saturated rings. The van der Waals surface area contributed by atoms with Crippen molar-refractivity contribution in [3.05, 3.63) is 52.3 Å². The normalized spacial score (nSPS) is 19.2. The van der Waals surface area contributed by atoms with Crippen LogP contribution >= 0.6 is 0 Å². The van der Waals surface area contributed by atoms with E-state index in [0.29, 0.717) is 24.4 Å². The van der Waals surface area contributed by atoms with Crippen molar-refractivity contribution >= 4 is 5.69 Å². The first-order valence-electron chi connectivity index (χ1n) is 7.36. The van der Waals surface area contributed by atoms with E-state index in [4.69, 9.17) is 4.42 Å². The number of nitro benzene ring substituents is 1. The van der Waals surface area contributed by atoms with E-state index in [-0.39, 0.29) is 11.8 Å². The number of rotatable bonds is 4. The van der Waals surface area contributed by atoms with E-state index in [0.717, 1.165) is 25.1 Å². The van der Waals surface area contributed by atoms with Crippen LogP contribution in [0.3, 0.4) is 0 Å². The van der Waals surface area contributed by atoms with Gasteiger partial charge in [-0.25, -0.2) is 0 Å². The van der Waals surface area contributed by atoms with Gasteiger partial charge in [0.1, 0.15) is 11.5 Å². The molecule has 0 unspecified atom stereocenters. The van der Waals surface area contributed by atoms with E-state index in [1.165, 1.54) is 6.07 Å². The van der Waals surface area contributed by atoms with Gasteiger partial charge in [0, 0.05) is 12.6 Å². The molecule has 2 heterocycles. The molecular weight excluding hydrogens is 284 g/mol. The van der Waals surface area contributed by atoms with Crippen molar-refractivity contribution in [1.82, 2.24) is 4.90 Å². The lowest BCUT2D eigenvalue weighted by molar-refractivity contribution is -0.384. The summed E-state index contributed by atoms with van der Waals surface area (Å²) in [5.41, 5.74) is 0.522. The Hall–Kier alpha value is -2.18. The standard InChI is InChI=1S/C16H18N2O4/c19-12-4-3-9-17(10-12)11-13-7-8-16(22-13)14-5-1-2-6-15(14)18(20)21/h1-2,5-8,12,19H,3-4,9-11H2/t12-/m0/s1. The molecule has 6 heteroatoms. The fourth-order valence-corrected chi connectivity index (χ4v) is 2.84. The molecular formula is C16H18N2O4. The largest absolute Gasteiger partial charge is 0.459 e. The highest BCUT2D eigenvalue weighted by Crippen LogP contribution is 2.31. The third kappa shape index (κ3) is 3.18. The average molecular weight is 302 g/mol. The second kappa shape index (κ2) is 6.29. The quantitative estimate of drug-likeness (QED) is 0.694. The third-order valence-electron chi connectivity index (χ3n) is 3.89. The molecule has 1 N–H and O–H groups in total. The van der Waals surface area contributed by atoms with Crippen LogP contribution in [0, 0.1) is 10.1 Å². The summed E-state index contributed by atoms with van der Waals surface area (Å²) in [5, 5.41) is 20.8. The van der Waals surface area contributed by atoms with Crippen LogP contribution in [0.4, 0.5) is 5.69 Å². The molecule has 1 aromatic carbocycles. The van der Waals surface area contributed by atoms with Crippen LogP contribution < -0.4 is 0 Å². The van der Waals surface area contributed by atoms with Gasteiger partial charge in [0.2, 0.25) is 0 Å². The first-order chi connectivity index (χ1) is 10.6. The molecule has 1 aliphatic rings. The van der Waals surface area contributed by atoms with Gasteiger partial charge in [-0.2, -0.15) is 0 Å². The number of hydrogen-bond acceptors (Lipinski definition) is 5. The highest BCUT2D eigenvalue weighted by Gasteiger charge is 2.20. The van der Waals surface area contributed by atoms with Crippen LogP contribution in [0.2, 0.25) is 0 Å². The van der Waals surface area contributed by atoms with Gasteiger partial charge in [-0.3, -0.25) is 15.0 Å². The smallest absolute Gasteiger partial charge is 0.280 e. The minimum absolute atomic E-state index is 0.0387. The fraction of sp³-hybridized carbons (Fsp3) is 0.375. The number of nitro groups is 1. The number of β-amino-alcohol motifs (C(OH)–C–C–N with tert-alkyl or cyclic N) is 1. The Bertz CT molecular complexity index is 668. The minimum atomic E-state index is -0.404.